The van der Waals surface area contributed by atoms with E-state index in [2.05, 4.69) is 0 Å². The van der Waals surface area contributed by atoms with Gasteiger partial charge in [0, 0.05) is 40.5 Å². The number of benzene rings is 5. The minimum Gasteiger partial charge on any atom is -0.496 e. The standard InChI is InChI=1S/C35H28O5/c1-23-4-8-25(9-5-23)34(36)27-12-16-29(17-13-27)39-32-20-31(38-3)21-33(22-32)40-30-18-14-28(15-19-30)35(37)26-10-6-24(2)7-11-26/h4-22H,1-3H3. The lowest BCUT2D eigenvalue weighted by molar-refractivity contribution is 0.103. The minimum atomic E-state index is -0.0461. The number of hydrogen-bond acceptors (Lipinski definition) is 5. The number of hydrogen-bond donors (Lipinski definition) is 0. The molecule has 0 aliphatic rings. The summed E-state index contributed by atoms with van der Waals surface area (Å²) in [6, 6.07) is 34.3. The monoisotopic (exact) mass is 528 g/mol. The van der Waals surface area contributed by atoms with E-state index in [1.807, 2.05) is 62.4 Å². The van der Waals surface area contributed by atoms with Crippen LogP contribution < -0.4 is 14.2 Å². The first kappa shape index (κ1) is 26.4. The lowest BCUT2D eigenvalue weighted by Gasteiger charge is -2.12. The van der Waals surface area contributed by atoms with Gasteiger partial charge in [0.25, 0.3) is 0 Å². The average molecular weight is 529 g/mol. The molecule has 0 spiro atoms. The molecule has 0 unspecified atom stereocenters. The fraction of sp³-hybridized carbons (Fsp3) is 0.0857. The molecule has 5 aromatic rings. The van der Waals surface area contributed by atoms with Crippen LogP contribution in [0.2, 0.25) is 0 Å². The number of carbonyl (C=O) groups excluding carboxylic acids is 2. The van der Waals surface area contributed by atoms with Gasteiger partial charge >= 0.3 is 0 Å². The highest BCUT2D eigenvalue weighted by Crippen LogP contribution is 2.33. The lowest BCUT2D eigenvalue weighted by Crippen LogP contribution is -2.01. The molecule has 0 atom stereocenters. The maximum Gasteiger partial charge on any atom is 0.193 e. The number of rotatable bonds is 9. The molecule has 0 amide bonds. The van der Waals surface area contributed by atoms with E-state index in [1.54, 1.807) is 73.8 Å². The molecule has 5 aromatic carbocycles. The average Bonchev–Trinajstić information content (AvgIpc) is 2.98. The van der Waals surface area contributed by atoms with E-state index >= 15 is 0 Å². The molecule has 0 saturated carbocycles. The van der Waals surface area contributed by atoms with Crippen molar-refractivity contribution < 1.29 is 23.8 Å². The predicted molar refractivity (Wildman–Crippen MR) is 155 cm³/mol. The van der Waals surface area contributed by atoms with Gasteiger partial charge in [-0.1, -0.05) is 59.7 Å². The zero-order valence-electron chi connectivity index (χ0n) is 22.5. The Labute approximate surface area is 233 Å². The third-order valence-corrected chi connectivity index (χ3v) is 6.42. The van der Waals surface area contributed by atoms with Crippen LogP contribution in [-0.2, 0) is 0 Å². The third-order valence-electron chi connectivity index (χ3n) is 6.42. The second-order valence-corrected chi connectivity index (χ2v) is 9.49. The summed E-state index contributed by atoms with van der Waals surface area (Å²) in [6.45, 7) is 3.97. The minimum absolute atomic E-state index is 0.0461. The first-order valence-corrected chi connectivity index (χ1v) is 12.9. The summed E-state index contributed by atoms with van der Waals surface area (Å²) < 4.78 is 17.5. The van der Waals surface area contributed by atoms with E-state index in [1.165, 1.54) is 0 Å². The molecule has 198 valence electrons. The molecule has 0 radical (unpaired) electrons. The van der Waals surface area contributed by atoms with Crippen LogP contribution in [0.15, 0.2) is 115 Å². The van der Waals surface area contributed by atoms with Gasteiger partial charge in [-0.15, -0.1) is 0 Å². The van der Waals surface area contributed by atoms with Crippen molar-refractivity contribution in [3.63, 3.8) is 0 Å². The maximum atomic E-state index is 12.8. The van der Waals surface area contributed by atoms with Crippen molar-refractivity contribution in [2.45, 2.75) is 13.8 Å². The fourth-order valence-electron chi connectivity index (χ4n) is 4.15. The zero-order chi connectivity index (χ0) is 28.1. The Morgan fingerprint density at radius 1 is 0.425 bits per heavy atom. The van der Waals surface area contributed by atoms with Crippen molar-refractivity contribution in [1.82, 2.24) is 0 Å². The van der Waals surface area contributed by atoms with Crippen molar-refractivity contribution in [1.29, 1.82) is 0 Å². The Hall–Kier alpha value is -5.16. The van der Waals surface area contributed by atoms with E-state index in [0.29, 0.717) is 51.0 Å². The van der Waals surface area contributed by atoms with Gasteiger partial charge in [0.15, 0.2) is 11.6 Å². The summed E-state index contributed by atoms with van der Waals surface area (Å²) in [4.78, 5) is 25.6. The molecular weight excluding hydrogens is 500 g/mol. The van der Waals surface area contributed by atoms with Crippen molar-refractivity contribution in [2.75, 3.05) is 7.11 Å². The van der Waals surface area contributed by atoms with Crippen LogP contribution in [0.3, 0.4) is 0 Å². The van der Waals surface area contributed by atoms with Gasteiger partial charge < -0.3 is 14.2 Å². The Morgan fingerprint density at radius 2 is 0.725 bits per heavy atom. The van der Waals surface area contributed by atoms with Gasteiger partial charge in [-0.25, -0.2) is 0 Å². The zero-order valence-corrected chi connectivity index (χ0v) is 22.5. The largest absolute Gasteiger partial charge is 0.496 e. The summed E-state index contributed by atoms with van der Waals surface area (Å²) in [5, 5.41) is 0. The number of aryl methyl sites for hydroxylation is 2. The van der Waals surface area contributed by atoms with E-state index in [9.17, 15) is 9.59 Å². The Bertz CT molecular complexity index is 1510. The number of methoxy groups -OCH3 is 1. The number of carbonyl (C=O) groups is 2. The Balaban J connectivity index is 1.28. The fourth-order valence-corrected chi connectivity index (χ4v) is 4.15. The van der Waals surface area contributed by atoms with Gasteiger partial charge in [-0.3, -0.25) is 9.59 Å². The van der Waals surface area contributed by atoms with Crippen LogP contribution in [0.5, 0.6) is 28.7 Å². The topological polar surface area (TPSA) is 61.8 Å². The smallest absolute Gasteiger partial charge is 0.193 e. The van der Waals surface area contributed by atoms with Gasteiger partial charge in [-0.05, 0) is 62.4 Å². The maximum absolute atomic E-state index is 12.8. The van der Waals surface area contributed by atoms with Crippen molar-refractivity contribution >= 4 is 11.6 Å². The second-order valence-electron chi connectivity index (χ2n) is 9.49. The Morgan fingerprint density at radius 3 is 1.05 bits per heavy atom. The molecule has 0 N–H and O–H groups in total. The van der Waals surface area contributed by atoms with E-state index in [4.69, 9.17) is 14.2 Å². The molecule has 5 heteroatoms. The van der Waals surface area contributed by atoms with Crippen molar-refractivity contribution in [3.05, 3.63) is 149 Å². The first-order valence-electron chi connectivity index (χ1n) is 12.9. The van der Waals surface area contributed by atoms with E-state index < -0.39 is 0 Å². The number of ether oxygens (including phenoxy) is 3. The molecule has 0 saturated heterocycles. The molecule has 40 heavy (non-hydrogen) atoms. The summed E-state index contributed by atoms with van der Waals surface area (Å²) in [5.74, 6) is 2.63. The van der Waals surface area contributed by atoms with E-state index in [0.717, 1.165) is 11.1 Å². The normalized spacial score (nSPS) is 10.6. The molecule has 0 fully saturated rings. The van der Waals surface area contributed by atoms with Crippen LogP contribution in [0.25, 0.3) is 0 Å². The molecule has 5 rings (SSSR count). The lowest BCUT2D eigenvalue weighted by atomic mass is 10.0. The van der Waals surface area contributed by atoms with Crippen LogP contribution in [-0.4, -0.2) is 18.7 Å². The summed E-state index contributed by atoms with van der Waals surface area (Å²) >= 11 is 0. The molecule has 0 aromatic heterocycles. The van der Waals surface area contributed by atoms with Gasteiger partial charge in [0.1, 0.15) is 28.7 Å². The molecule has 0 aliphatic carbocycles. The quantitative estimate of drug-likeness (QED) is 0.180. The van der Waals surface area contributed by atoms with Crippen LogP contribution in [0.1, 0.15) is 43.0 Å². The second kappa shape index (κ2) is 11.7. The van der Waals surface area contributed by atoms with Crippen LogP contribution >= 0.6 is 0 Å². The van der Waals surface area contributed by atoms with Gasteiger partial charge in [-0.2, -0.15) is 0 Å². The highest BCUT2D eigenvalue weighted by atomic mass is 16.5. The SMILES string of the molecule is COc1cc(Oc2ccc(C(=O)c3ccc(C)cc3)cc2)cc(Oc2ccc(C(=O)c3ccc(C)cc3)cc2)c1. The van der Waals surface area contributed by atoms with Crippen molar-refractivity contribution in [3.8, 4) is 28.7 Å². The third kappa shape index (κ3) is 6.27. The Kier molecular flexibility index (Phi) is 7.74. The van der Waals surface area contributed by atoms with Crippen LogP contribution in [0, 0.1) is 13.8 Å². The molecular formula is C35H28O5. The van der Waals surface area contributed by atoms with E-state index in [-0.39, 0.29) is 11.6 Å². The predicted octanol–water partition coefficient (Wildman–Crippen LogP) is 8.36. The highest BCUT2D eigenvalue weighted by Gasteiger charge is 2.12. The molecule has 5 nitrogen and oxygen atoms in total. The van der Waals surface area contributed by atoms with Gasteiger partial charge in [0.05, 0.1) is 7.11 Å². The number of ketones is 2. The highest BCUT2D eigenvalue weighted by molar-refractivity contribution is 6.09. The molecule has 0 bridgehead atoms. The van der Waals surface area contributed by atoms with Crippen molar-refractivity contribution in [2.24, 2.45) is 0 Å². The van der Waals surface area contributed by atoms with Crippen LogP contribution in [0.4, 0.5) is 0 Å². The summed E-state index contributed by atoms with van der Waals surface area (Å²) in [7, 11) is 1.57. The first-order chi connectivity index (χ1) is 19.4. The molecule has 0 heterocycles. The van der Waals surface area contributed by atoms with Gasteiger partial charge in [0.2, 0.25) is 0 Å². The summed E-state index contributed by atoms with van der Waals surface area (Å²) in [6.07, 6.45) is 0. The molecule has 0 aliphatic heterocycles. The summed E-state index contributed by atoms with van der Waals surface area (Å²) in [5.41, 5.74) is 4.65.